The van der Waals surface area contributed by atoms with Gasteiger partial charge in [-0.1, -0.05) is 48.2 Å². The molecule has 0 spiro atoms. The highest BCUT2D eigenvalue weighted by Crippen LogP contribution is 2.27. The van der Waals surface area contributed by atoms with Gasteiger partial charge in [-0.15, -0.1) is 0 Å². The number of carbonyl (C=O) groups excluding carboxylic acids is 1. The molecule has 0 amide bonds. The summed E-state index contributed by atoms with van der Waals surface area (Å²) in [6, 6.07) is 7.99. The largest absolute Gasteiger partial charge is 0.346 e. The Balaban J connectivity index is 2.05. The molecule has 0 atom stereocenters. The van der Waals surface area contributed by atoms with Crippen LogP contribution >= 0.6 is 11.8 Å². The number of hydrogen-bond donors (Lipinski definition) is 0. The second-order valence-electron chi connectivity index (χ2n) is 3.91. The summed E-state index contributed by atoms with van der Waals surface area (Å²) in [6.07, 6.45) is 3.74. The molecule has 0 bridgehead atoms. The van der Waals surface area contributed by atoms with Crippen LogP contribution in [0.3, 0.4) is 0 Å². The van der Waals surface area contributed by atoms with Crippen LogP contribution in [-0.4, -0.2) is 24.1 Å². The number of ether oxygens (including phenoxy) is 2. The molecule has 0 radical (unpaired) electrons. The highest BCUT2D eigenvalue weighted by Gasteiger charge is 2.19. The first-order chi connectivity index (χ1) is 8.77. The van der Waals surface area contributed by atoms with Gasteiger partial charge in [0.25, 0.3) is 0 Å². The standard InChI is InChI=1S/C14H16O3S/c1-11(15)18-10-4-6-12-5-2-3-7-13(12)14-16-8-9-17-14/h2-7,14H,8-10H2,1H3. The van der Waals surface area contributed by atoms with Gasteiger partial charge in [0.05, 0.1) is 13.2 Å². The maximum Gasteiger partial charge on any atom is 0.186 e. The van der Waals surface area contributed by atoms with Gasteiger partial charge < -0.3 is 9.47 Å². The molecule has 2 rings (SSSR count). The average Bonchev–Trinajstić information content (AvgIpc) is 2.88. The Bertz CT molecular complexity index is 436. The Morgan fingerprint density at radius 1 is 1.39 bits per heavy atom. The van der Waals surface area contributed by atoms with Gasteiger partial charge in [0.15, 0.2) is 11.4 Å². The molecule has 1 aromatic carbocycles. The van der Waals surface area contributed by atoms with E-state index in [0.29, 0.717) is 19.0 Å². The molecule has 0 aromatic heterocycles. The lowest BCUT2D eigenvalue weighted by Crippen LogP contribution is -2.00. The Morgan fingerprint density at radius 2 is 2.11 bits per heavy atom. The Hall–Kier alpha value is -1.10. The van der Waals surface area contributed by atoms with Gasteiger partial charge in [0.1, 0.15) is 0 Å². The van der Waals surface area contributed by atoms with E-state index in [1.807, 2.05) is 36.4 Å². The molecule has 1 fully saturated rings. The van der Waals surface area contributed by atoms with Gasteiger partial charge in [-0.05, 0) is 5.56 Å². The minimum Gasteiger partial charge on any atom is -0.346 e. The van der Waals surface area contributed by atoms with Crippen molar-refractivity contribution in [1.29, 1.82) is 0 Å². The molecule has 4 heteroatoms. The molecule has 3 nitrogen and oxygen atoms in total. The highest BCUT2D eigenvalue weighted by molar-refractivity contribution is 8.13. The van der Waals surface area contributed by atoms with E-state index in [1.165, 1.54) is 11.8 Å². The molecule has 1 aliphatic heterocycles. The van der Waals surface area contributed by atoms with E-state index >= 15 is 0 Å². The van der Waals surface area contributed by atoms with E-state index < -0.39 is 0 Å². The van der Waals surface area contributed by atoms with Gasteiger partial charge >= 0.3 is 0 Å². The molecular formula is C14H16O3S. The smallest absolute Gasteiger partial charge is 0.186 e. The van der Waals surface area contributed by atoms with Crippen molar-refractivity contribution >= 4 is 23.0 Å². The lowest BCUT2D eigenvalue weighted by molar-refractivity contribution is -0.109. The van der Waals surface area contributed by atoms with Gasteiger partial charge in [-0.3, -0.25) is 4.79 Å². The molecule has 0 N–H and O–H groups in total. The molecule has 1 aromatic rings. The monoisotopic (exact) mass is 264 g/mol. The first kappa shape index (κ1) is 13.3. The van der Waals surface area contributed by atoms with Crippen LogP contribution < -0.4 is 0 Å². The molecule has 0 unspecified atom stereocenters. The summed E-state index contributed by atoms with van der Waals surface area (Å²) in [7, 11) is 0. The number of hydrogen-bond acceptors (Lipinski definition) is 4. The fourth-order valence-electron chi connectivity index (χ4n) is 1.76. The minimum absolute atomic E-state index is 0.135. The SMILES string of the molecule is CC(=O)SCC=Cc1ccccc1C1OCCO1. The van der Waals surface area contributed by atoms with Crippen LogP contribution in [0.4, 0.5) is 0 Å². The Morgan fingerprint density at radius 3 is 2.83 bits per heavy atom. The second-order valence-corrected chi connectivity index (χ2v) is 5.10. The molecular weight excluding hydrogens is 248 g/mol. The summed E-state index contributed by atoms with van der Waals surface area (Å²) in [5.74, 6) is 0.691. The molecule has 1 aliphatic rings. The van der Waals surface area contributed by atoms with Crippen LogP contribution in [-0.2, 0) is 14.3 Å². The van der Waals surface area contributed by atoms with Crippen LogP contribution in [0, 0.1) is 0 Å². The van der Waals surface area contributed by atoms with Crippen molar-refractivity contribution in [2.24, 2.45) is 0 Å². The van der Waals surface area contributed by atoms with Crippen molar-refractivity contribution < 1.29 is 14.3 Å². The Labute approximate surface area is 111 Å². The summed E-state index contributed by atoms with van der Waals surface area (Å²) in [4.78, 5) is 10.8. The lowest BCUT2D eigenvalue weighted by Gasteiger charge is -2.12. The predicted molar refractivity (Wildman–Crippen MR) is 73.3 cm³/mol. The third kappa shape index (κ3) is 3.70. The molecule has 0 saturated carbocycles. The zero-order valence-corrected chi connectivity index (χ0v) is 11.1. The third-order valence-corrected chi connectivity index (χ3v) is 3.32. The number of carbonyl (C=O) groups is 1. The van der Waals surface area contributed by atoms with E-state index in [1.54, 1.807) is 6.92 Å². The zero-order valence-electron chi connectivity index (χ0n) is 10.3. The minimum atomic E-state index is -0.258. The average molecular weight is 264 g/mol. The first-order valence-electron chi connectivity index (χ1n) is 5.89. The van der Waals surface area contributed by atoms with E-state index in [2.05, 4.69) is 0 Å². The Kier molecular flexibility index (Phi) is 4.99. The molecule has 0 aliphatic carbocycles. The predicted octanol–water partition coefficient (Wildman–Crippen LogP) is 3.02. The van der Waals surface area contributed by atoms with E-state index in [0.717, 1.165) is 11.1 Å². The van der Waals surface area contributed by atoms with E-state index in [-0.39, 0.29) is 11.4 Å². The van der Waals surface area contributed by atoms with Crippen LogP contribution in [0.15, 0.2) is 30.3 Å². The van der Waals surface area contributed by atoms with Gasteiger partial charge in [-0.2, -0.15) is 0 Å². The summed E-state index contributed by atoms with van der Waals surface area (Å²) < 4.78 is 11.0. The molecule has 18 heavy (non-hydrogen) atoms. The van der Waals surface area contributed by atoms with Crippen molar-refractivity contribution in [3.05, 3.63) is 41.5 Å². The second kappa shape index (κ2) is 6.73. The summed E-state index contributed by atoms with van der Waals surface area (Å²) in [6.45, 7) is 2.86. The normalized spacial score (nSPS) is 16.5. The van der Waals surface area contributed by atoms with Crippen molar-refractivity contribution in [1.82, 2.24) is 0 Å². The lowest BCUT2D eigenvalue weighted by atomic mass is 10.1. The van der Waals surface area contributed by atoms with Crippen LogP contribution in [0.1, 0.15) is 24.3 Å². The van der Waals surface area contributed by atoms with Crippen LogP contribution in [0.25, 0.3) is 6.08 Å². The zero-order chi connectivity index (χ0) is 12.8. The van der Waals surface area contributed by atoms with E-state index in [4.69, 9.17) is 9.47 Å². The van der Waals surface area contributed by atoms with Crippen molar-refractivity contribution in [2.45, 2.75) is 13.2 Å². The maximum absolute atomic E-state index is 10.8. The topological polar surface area (TPSA) is 35.5 Å². The quantitative estimate of drug-likeness (QED) is 0.837. The van der Waals surface area contributed by atoms with Crippen LogP contribution in [0.2, 0.25) is 0 Å². The van der Waals surface area contributed by atoms with Crippen molar-refractivity contribution in [3.63, 3.8) is 0 Å². The van der Waals surface area contributed by atoms with Crippen LogP contribution in [0.5, 0.6) is 0 Å². The van der Waals surface area contributed by atoms with Crippen molar-refractivity contribution in [2.75, 3.05) is 19.0 Å². The number of rotatable bonds is 4. The number of benzene rings is 1. The molecule has 1 heterocycles. The van der Waals surface area contributed by atoms with Gasteiger partial charge in [-0.25, -0.2) is 0 Å². The highest BCUT2D eigenvalue weighted by atomic mass is 32.2. The first-order valence-corrected chi connectivity index (χ1v) is 6.88. The fourth-order valence-corrected chi connectivity index (χ4v) is 2.18. The summed E-state index contributed by atoms with van der Waals surface area (Å²) in [5.41, 5.74) is 2.12. The molecule has 96 valence electrons. The maximum atomic E-state index is 10.8. The van der Waals surface area contributed by atoms with Gasteiger partial charge in [0.2, 0.25) is 0 Å². The third-order valence-electron chi connectivity index (χ3n) is 2.55. The summed E-state index contributed by atoms with van der Waals surface area (Å²) >= 11 is 1.30. The molecule has 1 saturated heterocycles. The fraction of sp³-hybridized carbons (Fsp3) is 0.357. The van der Waals surface area contributed by atoms with Crippen molar-refractivity contribution in [3.8, 4) is 0 Å². The van der Waals surface area contributed by atoms with Gasteiger partial charge in [0, 0.05) is 18.2 Å². The number of thioether (sulfide) groups is 1. The summed E-state index contributed by atoms with van der Waals surface area (Å²) in [5, 5.41) is 0.135. The van der Waals surface area contributed by atoms with E-state index in [9.17, 15) is 4.79 Å².